The number of aryl methyl sites for hydroxylation is 1. The van der Waals surface area contributed by atoms with Gasteiger partial charge in [0.1, 0.15) is 11.0 Å². The van der Waals surface area contributed by atoms with Crippen molar-refractivity contribution < 1.29 is 8.78 Å². The van der Waals surface area contributed by atoms with Gasteiger partial charge in [-0.1, -0.05) is 31.5 Å². The molecule has 1 heterocycles. The fourth-order valence-electron chi connectivity index (χ4n) is 1.68. The minimum atomic E-state index is -0.913. The van der Waals surface area contributed by atoms with Crippen LogP contribution in [0.4, 0.5) is 8.78 Å². The van der Waals surface area contributed by atoms with E-state index in [0.717, 1.165) is 0 Å². The van der Waals surface area contributed by atoms with Gasteiger partial charge in [0.15, 0.2) is 11.6 Å². The molecule has 0 radical (unpaired) electrons. The van der Waals surface area contributed by atoms with Crippen LogP contribution in [0.1, 0.15) is 31.2 Å². The van der Waals surface area contributed by atoms with Gasteiger partial charge < -0.3 is 0 Å². The third kappa shape index (κ3) is 2.73. The first-order chi connectivity index (χ1) is 8.90. The van der Waals surface area contributed by atoms with Gasteiger partial charge in [-0.15, -0.1) is 0 Å². The van der Waals surface area contributed by atoms with Crippen LogP contribution in [0.3, 0.4) is 0 Å². The Hall–Kier alpha value is -1.55. The molecule has 0 aliphatic carbocycles. The smallest absolute Gasteiger partial charge is 0.168 e. The first-order valence-corrected chi connectivity index (χ1v) is 6.27. The number of nitrogens with zero attached hydrogens (tertiary/aromatic N) is 2. The number of hydrogen-bond acceptors (Lipinski definition) is 2. The minimum Gasteiger partial charge on any atom is -0.232 e. The van der Waals surface area contributed by atoms with Crippen molar-refractivity contribution in [2.75, 3.05) is 0 Å². The summed E-state index contributed by atoms with van der Waals surface area (Å²) in [5.41, 5.74) is 0.639. The maximum atomic E-state index is 13.9. The van der Waals surface area contributed by atoms with Crippen molar-refractivity contribution in [2.24, 2.45) is 0 Å². The van der Waals surface area contributed by atoms with Gasteiger partial charge >= 0.3 is 0 Å². The van der Waals surface area contributed by atoms with E-state index in [2.05, 4.69) is 9.97 Å². The summed E-state index contributed by atoms with van der Waals surface area (Å²) >= 11 is 5.90. The molecule has 0 saturated heterocycles. The van der Waals surface area contributed by atoms with Crippen LogP contribution in [0.25, 0.3) is 11.3 Å². The maximum absolute atomic E-state index is 13.9. The molecule has 0 atom stereocenters. The predicted molar refractivity (Wildman–Crippen MR) is 71.2 cm³/mol. The van der Waals surface area contributed by atoms with Crippen molar-refractivity contribution >= 4 is 11.6 Å². The highest BCUT2D eigenvalue weighted by atomic mass is 35.5. The first-order valence-electron chi connectivity index (χ1n) is 5.89. The highest BCUT2D eigenvalue weighted by molar-refractivity contribution is 6.29. The van der Waals surface area contributed by atoms with Gasteiger partial charge in [-0.05, 0) is 18.6 Å². The van der Waals surface area contributed by atoms with E-state index in [-0.39, 0.29) is 22.2 Å². The van der Waals surface area contributed by atoms with E-state index in [1.165, 1.54) is 25.1 Å². The molecule has 0 unspecified atom stereocenters. The summed E-state index contributed by atoms with van der Waals surface area (Å²) in [6.07, 6.45) is 0. The number of rotatable bonds is 2. The fraction of sp³-hybridized carbons (Fsp3) is 0.286. The monoisotopic (exact) mass is 282 g/mol. The standard InChI is InChI=1S/C14H13ClF2N2/c1-7(2)14-18-10(6-11(15)19-14)9-5-4-8(3)12(16)13(9)17/h4-7H,1-3H3. The van der Waals surface area contributed by atoms with Crippen LogP contribution in [0.2, 0.25) is 5.15 Å². The summed E-state index contributed by atoms with van der Waals surface area (Å²) in [6, 6.07) is 4.44. The van der Waals surface area contributed by atoms with Gasteiger partial charge in [0.25, 0.3) is 0 Å². The van der Waals surface area contributed by atoms with Crippen LogP contribution in [0.5, 0.6) is 0 Å². The zero-order chi connectivity index (χ0) is 14.2. The number of halogens is 3. The van der Waals surface area contributed by atoms with E-state index < -0.39 is 11.6 Å². The summed E-state index contributed by atoms with van der Waals surface area (Å²) in [4.78, 5) is 8.30. The van der Waals surface area contributed by atoms with Gasteiger partial charge in [-0.2, -0.15) is 0 Å². The van der Waals surface area contributed by atoms with Crippen LogP contribution in [-0.4, -0.2) is 9.97 Å². The van der Waals surface area contributed by atoms with Crippen LogP contribution < -0.4 is 0 Å². The molecule has 0 saturated carbocycles. The molecule has 0 aliphatic rings. The van der Waals surface area contributed by atoms with E-state index in [0.29, 0.717) is 11.5 Å². The van der Waals surface area contributed by atoms with E-state index in [4.69, 9.17) is 11.6 Å². The molecule has 1 aromatic carbocycles. The van der Waals surface area contributed by atoms with Crippen LogP contribution in [0.15, 0.2) is 18.2 Å². The molecular formula is C14H13ClF2N2. The summed E-state index contributed by atoms with van der Waals surface area (Å²) in [5.74, 6) is -1.22. The Balaban J connectivity index is 2.62. The molecule has 5 heteroatoms. The van der Waals surface area contributed by atoms with E-state index in [1.54, 1.807) is 0 Å². The molecule has 0 N–H and O–H groups in total. The second-order valence-corrected chi connectivity index (χ2v) is 5.03. The Morgan fingerprint density at radius 1 is 1.11 bits per heavy atom. The van der Waals surface area contributed by atoms with Crippen LogP contribution in [0, 0.1) is 18.6 Å². The third-order valence-electron chi connectivity index (χ3n) is 2.78. The molecule has 0 fully saturated rings. The Labute approximate surface area is 115 Å². The minimum absolute atomic E-state index is 0.0517. The van der Waals surface area contributed by atoms with Crippen molar-refractivity contribution in [3.63, 3.8) is 0 Å². The summed E-state index contributed by atoms with van der Waals surface area (Å²) in [6.45, 7) is 5.32. The molecular weight excluding hydrogens is 270 g/mol. The molecule has 2 rings (SSSR count). The normalized spacial score (nSPS) is 11.1. The maximum Gasteiger partial charge on any atom is 0.168 e. The quantitative estimate of drug-likeness (QED) is 0.758. The lowest BCUT2D eigenvalue weighted by Crippen LogP contribution is -2.01. The Morgan fingerprint density at radius 2 is 1.79 bits per heavy atom. The molecule has 2 nitrogen and oxygen atoms in total. The highest BCUT2D eigenvalue weighted by Crippen LogP contribution is 2.27. The van der Waals surface area contributed by atoms with Gasteiger partial charge in [0.05, 0.1) is 5.69 Å². The first kappa shape index (κ1) is 13.9. The van der Waals surface area contributed by atoms with E-state index >= 15 is 0 Å². The SMILES string of the molecule is Cc1ccc(-c2cc(Cl)nc(C(C)C)n2)c(F)c1F. The van der Waals surface area contributed by atoms with Crippen molar-refractivity contribution in [1.29, 1.82) is 0 Å². The molecule has 0 spiro atoms. The Bertz CT molecular complexity index is 627. The third-order valence-corrected chi connectivity index (χ3v) is 2.97. The molecule has 0 amide bonds. The lowest BCUT2D eigenvalue weighted by atomic mass is 10.1. The van der Waals surface area contributed by atoms with Crippen LogP contribution >= 0.6 is 11.6 Å². The molecule has 0 bridgehead atoms. The zero-order valence-corrected chi connectivity index (χ0v) is 11.6. The Kier molecular flexibility index (Phi) is 3.80. The molecule has 1 aromatic heterocycles. The van der Waals surface area contributed by atoms with Crippen molar-refractivity contribution in [2.45, 2.75) is 26.7 Å². The van der Waals surface area contributed by atoms with Crippen molar-refractivity contribution in [1.82, 2.24) is 9.97 Å². The largest absolute Gasteiger partial charge is 0.232 e. The lowest BCUT2D eigenvalue weighted by molar-refractivity contribution is 0.505. The van der Waals surface area contributed by atoms with E-state index in [9.17, 15) is 8.78 Å². The van der Waals surface area contributed by atoms with Gasteiger partial charge in [0, 0.05) is 17.5 Å². The van der Waals surface area contributed by atoms with E-state index in [1.807, 2.05) is 13.8 Å². The summed E-state index contributed by atoms with van der Waals surface area (Å²) in [7, 11) is 0. The molecule has 0 aliphatic heterocycles. The van der Waals surface area contributed by atoms with Gasteiger partial charge in [0.2, 0.25) is 0 Å². The molecule has 2 aromatic rings. The molecule has 19 heavy (non-hydrogen) atoms. The van der Waals surface area contributed by atoms with Crippen molar-refractivity contribution in [3.8, 4) is 11.3 Å². The second-order valence-electron chi connectivity index (χ2n) is 4.65. The van der Waals surface area contributed by atoms with Gasteiger partial charge in [-0.25, -0.2) is 18.7 Å². The number of benzene rings is 1. The molecule has 100 valence electrons. The fourth-order valence-corrected chi connectivity index (χ4v) is 1.87. The number of hydrogen-bond donors (Lipinski definition) is 0. The summed E-state index contributed by atoms with van der Waals surface area (Å²) in [5, 5.41) is 0.217. The lowest BCUT2D eigenvalue weighted by Gasteiger charge is -2.09. The predicted octanol–water partition coefficient (Wildman–Crippen LogP) is 4.51. The average molecular weight is 283 g/mol. The Morgan fingerprint density at radius 3 is 2.42 bits per heavy atom. The van der Waals surface area contributed by atoms with Crippen LogP contribution in [-0.2, 0) is 0 Å². The number of aromatic nitrogens is 2. The highest BCUT2D eigenvalue weighted by Gasteiger charge is 2.16. The average Bonchev–Trinajstić information content (AvgIpc) is 2.35. The van der Waals surface area contributed by atoms with Gasteiger partial charge in [-0.3, -0.25) is 0 Å². The topological polar surface area (TPSA) is 25.8 Å². The zero-order valence-electron chi connectivity index (χ0n) is 10.8. The van der Waals surface area contributed by atoms with Crippen molar-refractivity contribution in [3.05, 3.63) is 46.4 Å². The second kappa shape index (κ2) is 5.21. The summed E-state index contributed by atoms with van der Waals surface area (Å²) < 4.78 is 27.5.